The van der Waals surface area contributed by atoms with Crippen LogP contribution in [0.15, 0.2) is 60.9 Å². The highest BCUT2D eigenvalue weighted by Gasteiger charge is 2.33. The number of hydrogen-bond acceptors (Lipinski definition) is 2. The molecule has 3 N–H and O–H groups in total. The molecule has 0 unspecified atom stereocenters. The van der Waals surface area contributed by atoms with Gasteiger partial charge in [-0.2, -0.15) is 13.2 Å². The van der Waals surface area contributed by atoms with Gasteiger partial charge in [-0.3, -0.25) is 4.79 Å². The van der Waals surface area contributed by atoms with Crippen LogP contribution in [0.5, 0.6) is 0 Å². The largest absolute Gasteiger partial charge is 0.417 e. The maximum absolute atomic E-state index is 13.6. The molecule has 2 heterocycles. The molecule has 0 spiro atoms. The molecule has 7 heteroatoms. The lowest BCUT2D eigenvalue weighted by Crippen LogP contribution is -2.15. The molecule has 0 bridgehead atoms. The molecule has 1 fully saturated rings. The number of fused-ring (bicyclic) bond motifs is 1. The lowest BCUT2D eigenvalue weighted by Gasteiger charge is -2.15. The van der Waals surface area contributed by atoms with Crippen molar-refractivity contribution < 1.29 is 18.0 Å². The fourth-order valence-corrected chi connectivity index (χ4v) is 4.90. The molecule has 0 radical (unpaired) electrons. The van der Waals surface area contributed by atoms with E-state index in [0.717, 1.165) is 48.4 Å². The first-order valence-electron chi connectivity index (χ1n) is 10.9. The number of H-pyrrole nitrogens is 1. The maximum Gasteiger partial charge on any atom is 0.417 e. The number of amides is 1. The zero-order valence-corrected chi connectivity index (χ0v) is 17.7. The molecule has 0 saturated heterocycles. The Kier molecular flexibility index (Phi) is 5.19. The summed E-state index contributed by atoms with van der Waals surface area (Å²) in [5.74, 6) is -0.167. The molecule has 4 aromatic rings. The fourth-order valence-electron chi connectivity index (χ4n) is 4.90. The number of primary amides is 1. The molecule has 2 aromatic carbocycles. The number of nitrogens with zero attached hydrogens (tertiary/aromatic N) is 1. The first kappa shape index (κ1) is 21.2. The summed E-state index contributed by atoms with van der Waals surface area (Å²) in [6.45, 7) is 0. The van der Waals surface area contributed by atoms with Crippen LogP contribution in [0.1, 0.15) is 53.1 Å². The second kappa shape index (κ2) is 8.06. The number of pyridine rings is 1. The fraction of sp³-hybridized carbons (Fsp3) is 0.231. The molecule has 5 rings (SSSR count). The Hall–Kier alpha value is -3.61. The van der Waals surface area contributed by atoms with Gasteiger partial charge in [0.1, 0.15) is 5.65 Å². The van der Waals surface area contributed by atoms with Crippen molar-refractivity contribution in [3.05, 3.63) is 77.6 Å². The molecular weight excluding hydrogens is 427 g/mol. The monoisotopic (exact) mass is 449 g/mol. The third-order valence-electron chi connectivity index (χ3n) is 6.50. The van der Waals surface area contributed by atoms with E-state index in [1.807, 2.05) is 12.1 Å². The Bertz CT molecular complexity index is 1350. The molecule has 1 aliphatic rings. The SMILES string of the molecule is NC(=O)c1ccc(-c2c[nH]c3ncc(-c4ccccc4C(F)(F)F)cc23)cc1C1CCCC1. The van der Waals surface area contributed by atoms with Crippen LogP contribution in [0.2, 0.25) is 0 Å². The number of benzene rings is 2. The Morgan fingerprint density at radius 2 is 1.76 bits per heavy atom. The second-order valence-electron chi connectivity index (χ2n) is 8.51. The number of nitrogens with one attached hydrogen (secondary N) is 1. The predicted octanol–water partition coefficient (Wildman–Crippen LogP) is 6.67. The smallest absolute Gasteiger partial charge is 0.366 e. The minimum Gasteiger partial charge on any atom is -0.366 e. The van der Waals surface area contributed by atoms with Gasteiger partial charge in [-0.1, -0.05) is 43.2 Å². The van der Waals surface area contributed by atoms with E-state index in [2.05, 4.69) is 9.97 Å². The van der Waals surface area contributed by atoms with Gasteiger partial charge in [0, 0.05) is 34.5 Å². The first-order valence-corrected chi connectivity index (χ1v) is 10.9. The number of carbonyl (C=O) groups excluding carboxylic acids is 1. The van der Waals surface area contributed by atoms with E-state index < -0.39 is 17.6 Å². The number of alkyl halides is 3. The molecule has 1 aliphatic carbocycles. The number of nitrogens with two attached hydrogens (primary N) is 1. The number of aromatic nitrogens is 2. The van der Waals surface area contributed by atoms with Gasteiger partial charge in [0.2, 0.25) is 5.91 Å². The molecule has 1 saturated carbocycles. The van der Waals surface area contributed by atoms with Gasteiger partial charge in [0.05, 0.1) is 5.56 Å². The molecule has 2 aromatic heterocycles. The van der Waals surface area contributed by atoms with Crippen LogP contribution >= 0.6 is 0 Å². The first-order chi connectivity index (χ1) is 15.8. The summed E-state index contributed by atoms with van der Waals surface area (Å²) in [6, 6.07) is 12.8. The maximum atomic E-state index is 13.6. The van der Waals surface area contributed by atoms with E-state index in [1.54, 1.807) is 24.4 Å². The van der Waals surface area contributed by atoms with Crippen LogP contribution in [-0.4, -0.2) is 15.9 Å². The standard InChI is InChI=1S/C26H22F3N3O/c27-26(28,29)23-8-4-3-7-18(23)17-12-21-22(14-32-25(21)31-13-17)16-9-10-19(24(30)33)20(11-16)15-5-1-2-6-15/h3-4,7-15H,1-2,5-6H2,(H2,30,33)(H,31,32). The van der Waals surface area contributed by atoms with Crippen LogP contribution in [-0.2, 0) is 6.18 Å². The van der Waals surface area contributed by atoms with E-state index in [9.17, 15) is 18.0 Å². The van der Waals surface area contributed by atoms with E-state index in [1.165, 1.54) is 18.3 Å². The number of hydrogen-bond donors (Lipinski definition) is 2. The van der Waals surface area contributed by atoms with E-state index in [-0.39, 0.29) is 11.5 Å². The van der Waals surface area contributed by atoms with E-state index in [4.69, 9.17) is 5.73 Å². The lowest BCUT2D eigenvalue weighted by atomic mass is 9.89. The van der Waals surface area contributed by atoms with Crippen molar-refractivity contribution in [1.29, 1.82) is 0 Å². The molecule has 168 valence electrons. The van der Waals surface area contributed by atoms with Crippen LogP contribution in [0.25, 0.3) is 33.3 Å². The minimum absolute atomic E-state index is 0.0854. The van der Waals surface area contributed by atoms with Crippen molar-refractivity contribution in [3.63, 3.8) is 0 Å². The van der Waals surface area contributed by atoms with Gasteiger partial charge in [0.15, 0.2) is 0 Å². The summed E-state index contributed by atoms with van der Waals surface area (Å²) in [6.07, 6.45) is 3.04. The Morgan fingerprint density at radius 1 is 1.00 bits per heavy atom. The Morgan fingerprint density at radius 3 is 2.48 bits per heavy atom. The van der Waals surface area contributed by atoms with Gasteiger partial charge in [-0.05, 0) is 53.6 Å². The third-order valence-corrected chi connectivity index (χ3v) is 6.50. The molecular formula is C26H22F3N3O. The van der Waals surface area contributed by atoms with Gasteiger partial charge in [0.25, 0.3) is 0 Å². The summed E-state index contributed by atoms with van der Waals surface area (Å²) in [5, 5.41) is 0.716. The van der Waals surface area contributed by atoms with E-state index >= 15 is 0 Å². The molecule has 4 nitrogen and oxygen atoms in total. The Labute approximate surface area is 188 Å². The van der Waals surface area contributed by atoms with Crippen molar-refractivity contribution in [2.75, 3.05) is 0 Å². The number of halogens is 3. The van der Waals surface area contributed by atoms with Crippen molar-refractivity contribution in [1.82, 2.24) is 9.97 Å². The Balaban J connectivity index is 1.64. The highest BCUT2D eigenvalue weighted by atomic mass is 19.4. The average Bonchev–Trinajstić information content (AvgIpc) is 3.48. The van der Waals surface area contributed by atoms with Crippen molar-refractivity contribution in [3.8, 4) is 22.3 Å². The molecule has 0 aliphatic heterocycles. The summed E-state index contributed by atoms with van der Waals surface area (Å²) >= 11 is 0. The highest BCUT2D eigenvalue weighted by Crippen LogP contribution is 2.40. The molecule has 1 amide bonds. The van der Waals surface area contributed by atoms with Crippen molar-refractivity contribution >= 4 is 16.9 Å². The lowest BCUT2D eigenvalue weighted by molar-refractivity contribution is -0.137. The minimum atomic E-state index is -4.46. The summed E-state index contributed by atoms with van der Waals surface area (Å²) < 4.78 is 40.7. The number of rotatable bonds is 4. The summed E-state index contributed by atoms with van der Waals surface area (Å²) in [4.78, 5) is 19.5. The second-order valence-corrected chi connectivity index (χ2v) is 8.51. The third kappa shape index (κ3) is 3.88. The highest BCUT2D eigenvalue weighted by molar-refractivity contribution is 5.98. The molecule has 0 atom stereocenters. The quantitative estimate of drug-likeness (QED) is 0.365. The van der Waals surface area contributed by atoms with Crippen LogP contribution in [0.3, 0.4) is 0 Å². The zero-order chi connectivity index (χ0) is 23.2. The number of aromatic amines is 1. The van der Waals surface area contributed by atoms with Crippen LogP contribution in [0, 0.1) is 0 Å². The number of carbonyl (C=O) groups is 1. The van der Waals surface area contributed by atoms with Crippen molar-refractivity contribution in [2.45, 2.75) is 37.8 Å². The van der Waals surface area contributed by atoms with E-state index in [0.29, 0.717) is 22.2 Å². The normalized spacial score (nSPS) is 14.8. The van der Waals surface area contributed by atoms with Crippen LogP contribution in [0.4, 0.5) is 13.2 Å². The predicted molar refractivity (Wildman–Crippen MR) is 122 cm³/mol. The van der Waals surface area contributed by atoms with Gasteiger partial charge in [-0.15, -0.1) is 0 Å². The topological polar surface area (TPSA) is 71.8 Å². The molecule has 33 heavy (non-hydrogen) atoms. The summed E-state index contributed by atoms with van der Waals surface area (Å²) in [5.41, 5.74) is 9.15. The van der Waals surface area contributed by atoms with Gasteiger partial charge < -0.3 is 10.7 Å². The average molecular weight is 449 g/mol. The van der Waals surface area contributed by atoms with Gasteiger partial charge in [-0.25, -0.2) is 4.98 Å². The van der Waals surface area contributed by atoms with Crippen LogP contribution < -0.4 is 5.73 Å². The van der Waals surface area contributed by atoms with Gasteiger partial charge >= 0.3 is 6.18 Å². The summed E-state index contributed by atoms with van der Waals surface area (Å²) in [7, 11) is 0. The zero-order valence-electron chi connectivity index (χ0n) is 17.7. The van der Waals surface area contributed by atoms with Crippen molar-refractivity contribution in [2.24, 2.45) is 5.73 Å².